The number of nitrogens with zero attached hydrogens (tertiary/aromatic N) is 3. The first-order valence-electron chi connectivity index (χ1n) is 7.76. The SMILES string of the molecule is CCNC(=O)c1ccc2c(c1)nc1n2CCN(C[C@H](C)O)C1. The Labute approximate surface area is 129 Å². The maximum Gasteiger partial charge on any atom is 0.251 e. The third-order valence-corrected chi connectivity index (χ3v) is 3.95. The Bertz CT molecular complexity index is 693. The predicted molar refractivity (Wildman–Crippen MR) is 84.7 cm³/mol. The summed E-state index contributed by atoms with van der Waals surface area (Å²) in [6.45, 7) is 7.48. The topological polar surface area (TPSA) is 70.4 Å². The lowest BCUT2D eigenvalue weighted by Crippen LogP contribution is -2.37. The van der Waals surface area contributed by atoms with E-state index >= 15 is 0 Å². The van der Waals surface area contributed by atoms with Gasteiger partial charge in [0, 0.05) is 31.7 Å². The van der Waals surface area contributed by atoms with Crippen LogP contribution >= 0.6 is 0 Å². The molecule has 1 aliphatic heterocycles. The lowest BCUT2D eigenvalue weighted by atomic mass is 10.2. The summed E-state index contributed by atoms with van der Waals surface area (Å²) < 4.78 is 2.20. The molecule has 0 saturated carbocycles. The standard InChI is InChI=1S/C16H22N4O2/c1-3-17-16(22)12-4-5-14-13(8-12)18-15-10-19(9-11(2)21)6-7-20(14)15/h4-5,8,11,21H,3,6-7,9-10H2,1-2H3,(H,17,22)/t11-/m0/s1. The van der Waals surface area contributed by atoms with E-state index in [-0.39, 0.29) is 12.0 Å². The van der Waals surface area contributed by atoms with Gasteiger partial charge in [0.1, 0.15) is 5.82 Å². The van der Waals surface area contributed by atoms with Gasteiger partial charge in [0.05, 0.1) is 23.7 Å². The highest BCUT2D eigenvalue weighted by atomic mass is 16.3. The van der Waals surface area contributed by atoms with Gasteiger partial charge < -0.3 is 15.0 Å². The van der Waals surface area contributed by atoms with Crippen LogP contribution in [-0.2, 0) is 13.1 Å². The monoisotopic (exact) mass is 302 g/mol. The molecule has 0 fully saturated rings. The molecule has 2 N–H and O–H groups in total. The van der Waals surface area contributed by atoms with Crippen molar-refractivity contribution >= 4 is 16.9 Å². The number of aliphatic hydroxyl groups is 1. The van der Waals surface area contributed by atoms with Gasteiger partial charge in [-0.3, -0.25) is 9.69 Å². The number of carbonyl (C=O) groups excluding carboxylic acids is 1. The molecule has 6 heteroatoms. The number of hydrogen-bond acceptors (Lipinski definition) is 4. The molecule has 6 nitrogen and oxygen atoms in total. The van der Waals surface area contributed by atoms with E-state index in [1.807, 2.05) is 25.1 Å². The van der Waals surface area contributed by atoms with Crippen molar-refractivity contribution in [2.24, 2.45) is 0 Å². The van der Waals surface area contributed by atoms with E-state index in [9.17, 15) is 9.90 Å². The van der Waals surface area contributed by atoms with E-state index in [0.29, 0.717) is 18.7 Å². The second-order valence-electron chi connectivity index (χ2n) is 5.83. The Morgan fingerprint density at radius 3 is 3.00 bits per heavy atom. The second kappa shape index (κ2) is 6.06. The van der Waals surface area contributed by atoms with Crippen LogP contribution in [0.15, 0.2) is 18.2 Å². The van der Waals surface area contributed by atoms with Crippen LogP contribution in [0.3, 0.4) is 0 Å². The fourth-order valence-corrected chi connectivity index (χ4v) is 3.00. The van der Waals surface area contributed by atoms with Crippen LogP contribution in [0.25, 0.3) is 11.0 Å². The number of aromatic nitrogens is 2. The van der Waals surface area contributed by atoms with Gasteiger partial charge >= 0.3 is 0 Å². The molecular formula is C16H22N4O2. The Kier molecular flexibility index (Phi) is 4.13. The van der Waals surface area contributed by atoms with Crippen molar-refractivity contribution in [1.82, 2.24) is 19.8 Å². The Hall–Kier alpha value is -1.92. The van der Waals surface area contributed by atoms with Crippen LogP contribution in [0.5, 0.6) is 0 Å². The smallest absolute Gasteiger partial charge is 0.251 e. The first-order valence-corrected chi connectivity index (χ1v) is 7.76. The van der Waals surface area contributed by atoms with Crippen LogP contribution in [0, 0.1) is 0 Å². The zero-order valence-electron chi connectivity index (χ0n) is 13.0. The molecule has 0 spiro atoms. The number of amides is 1. The van der Waals surface area contributed by atoms with Crippen molar-refractivity contribution in [2.75, 3.05) is 19.6 Å². The summed E-state index contributed by atoms with van der Waals surface area (Å²) in [6.07, 6.45) is -0.333. The summed E-state index contributed by atoms with van der Waals surface area (Å²) in [5.74, 6) is 0.932. The van der Waals surface area contributed by atoms with Crippen LogP contribution in [0.1, 0.15) is 30.0 Å². The Morgan fingerprint density at radius 2 is 2.27 bits per heavy atom. The van der Waals surface area contributed by atoms with Gasteiger partial charge in [-0.2, -0.15) is 0 Å². The molecule has 0 saturated heterocycles. The van der Waals surface area contributed by atoms with Crippen molar-refractivity contribution in [3.05, 3.63) is 29.6 Å². The Balaban J connectivity index is 1.89. The van der Waals surface area contributed by atoms with Gasteiger partial charge in [0.25, 0.3) is 5.91 Å². The summed E-state index contributed by atoms with van der Waals surface area (Å²) in [4.78, 5) is 18.8. The van der Waals surface area contributed by atoms with E-state index in [1.165, 1.54) is 0 Å². The summed E-state index contributed by atoms with van der Waals surface area (Å²) in [7, 11) is 0. The van der Waals surface area contributed by atoms with Gasteiger partial charge in [-0.05, 0) is 32.0 Å². The zero-order valence-corrected chi connectivity index (χ0v) is 13.0. The predicted octanol–water partition coefficient (Wildman–Crippen LogP) is 0.982. The zero-order chi connectivity index (χ0) is 15.7. The van der Waals surface area contributed by atoms with E-state index < -0.39 is 0 Å². The number of fused-ring (bicyclic) bond motifs is 3. The third-order valence-electron chi connectivity index (χ3n) is 3.95. The van der Waals surface area contributed by atoms with Crippen LogP contribution in [0.2, 0.25) is 0 Å². The third kappa shape index (κ3) is 2.84. The molecule has 1 aliphatic rings. The fraction of sp³-hybridized carbons (Fsp3) is 0.500. The minimum absolute atomic E-state index is 0.0638. The number of imidazole rings is 1. The summed E-state index contributed by atoms with van der Waals surface area (Å²) in [5.41, 5.74) is 2.57. The van der Waals surface area contributed by atoms with Crippen molar-refractivity contribution in [1.29, 1.82) is 0 Å². The molecule has 0 unspecified atom stereocenters. The van der Waals surface area contributed by atoms with Gasteiger partial charge in [0.2, 0.25) is 0 Å². The fourth-order valence-electron chi connectivity index (χ4n) is 3.00. The molecule has 1 aromatic heterocycles. The minimum atomic E-state index is -0.333. The van der Waals surface area contributed by atoms with E-state index in [2.05, 4.69) is 19.8 Å². The largest absolute Gasteiger partial charge is 0.392 e. The molecule has 1 amide bonds. The highest BCUT2D eigenvalue weighted by Crippen LogP contribution is 2.22. The number of β-amino-alcohol motifs (C(OH)–C–C–N with tert-alkyl or cyclic N) is 1. The van der Waals surface area contributed by atoms with Gasteiger partial charge in [0.15, 0.2) is 0 Å². The summed E-state index contributed by atoms with van der Waals surface area (Å²) >= 11 is 0. The van der Waals surface area contributed by atoms with Crippen molar-refractivity contribution < 1.29 is 9.90 Å². The maximum absolute atomic E-state index is 11.9. The lowest BCUT2D eigenvalue weighted by molar-refractivity contribution is 0.0956. The molecule has 1 aromatic carbocycles. The van der Waals surface area contributed by atoms with Crippen molar-refractivity contribution in [3.8, 4) is 0 Å². The number of benzene rings is 1. The number of rotatable bonds is 4. The number of nitrogens with one attached hydrogen (secondary N) is 1. The molecule has 0 aliphatic carbocycles. The van der Waals surface area contributed by atoms with E-state index in [0.717, 1.165) is 36.5 Å². The van der Waals surface area contributed by atoms with Crippen molar-refractivity contribution in [2.45, 2.75) is 33.0 Å². The number of aliphatic hydroxyl groups excluding tert-OH is 1. The van der Waals surface area contributed by atoms with Gasteiger partial charge in [-0.15, -0.1) is 0 Å². The molecule has 2 heterocycles. The molecule has 0 bridgehead atoms. The molecule has 3 rings (SSSR count). The second-order valence-corrected chi connectivity index (χ2v) is 5.83. The average Bonchev–Trinajstić information content (AvgIpc) is 2.83. The highest BCUT2D eigenvalue weighted by molar-refractivity contribution is 5.97. The minimum Gasteiger partial charge on any atom is -0.392 e. The first kappa shape index (κ1) is 15.0. The van der Waals surface area contributed by atoms with Crippen LogP contribution in [0.4, 0.5) is 0 Å². The molecule has 118 valence electrons. The Morgan fingerprint density at radius 1 is 1.45 bits per heavy atom. The highest BCUT2D eigenvalue weighted by Gasteiger charge is 2.21. The number of hydrogen-bond donors (Lipinski definition) is 2. The average molecular weight is 302 g/mol. The van der Waals surface area contributed by atoms with Gasteiger partial charge in [-0.1, -0.05) is 0 Å². The summed E-state index contributed by atoms with van der Waals surface area (Å²) in [5, 5.41) is 12.3. The normalized spacial score (nSPS) is 16.5. The van der Waals surface area contributed by atoms with Crippen LogP contribution < -0.4 is 5.32 Å². The molecule has 2 aromatic rings. The first-order chi connectivity index (χ1) is 10.6. The molecule has 22 heavy (non-hydrogen) atoms. The molecule has 0 radical (unpaired) electrons. The quantitative estimate of drug-likeness (QED) is 0.883. The lowest BCUT2D eigenvalue weighted by Gasteiger charge is -2.28. The maximum atomic E-state index is 11.9. The van der Waals surface area contributed by atoms with E-state index in [1.54, 1.807) is 6.92 Å². The van der Waals surface area contributed by atoms with Crippen LogP contribution in [-0.4, -0.2) is 51.2 Å². The van der Waals surface area contributed by atoms with Gasteiger partial charge in [-0.25, -0.2) is 4.98 Å². The number of carbonyl (C=O) groups is 1. The molecule has 1 atom stereocenters. The molecular weight excluding hydrogens is 280 g/mol. The van der Waals surface area contributed by atoms with Crippen molar-refractivity contribution in [3.63, 3.8) is 0 Å². The van der Waals surface area contributed by atoms with E-state index in [4.69, 9.17) is 0 Å². The summed E-state index contributed by atoms with van der Waals surface area (Å²) in [6, 6.07) is 5.68.